The van der Waals surface area contributed by atoms with E-state index in [0.717, 1.165) is 17.1 Å². The fourth-order valence-electron chi connectivity index (χ4n) is 7.05. The maximum Gasteiger partial charge on any atom is 0.216 e. The van der Waals surface area contributed by atoms with E-state index in [2.05, 4.69) is 164 Å². The van der Waals surface area contributed by atoms with Crippen molar-refractivity contribution in [3.63, 3.8) is 0 Å². The van der Waals surface area contributed by atoms with Crippen molar-refractivity contribution >= 4 is 49.2 Å². The summed E-state index contributed by atoms with van der Waals surface area (Å²) in [6.45, 7) is 4.82. The predicted molar refractivity (Wildman–Crippen MR) is 193 cm³/mol. The van der Waals surface area contributed by atoms with Crippen LogP contribution in [0.4, 0.5) is 0 Å². The zero-order valence-corrected chi connectivity index (χ0v) is 25.9. The van der Waals surface area contributed by atoms with Gasteiger partial charge < -0.3 is 9.30 Å². The first-order chi connectivity index (χ1) is 22.5. The largest absolute Gasteiger partial charge is 0.475 e. The van der Waals surface area contributed by atoms with Crippen molar-refractivity contribution < 1.29 is 4.74 Å². The molecule has 0 saturated carbocycles. The molecule has 1 aliphatic rings. The highest BCUT2D eigenvalue weighted by Gasteiger charge is 2.27. The average Bonchev–Trinajstić information content (AvgIpc) is 3.64. The van der Waals surface area contributed by atoms with E-state index in [1.807, 2.05) is 0 Å². The Balaban J connectivity index is 1.29. The Bertz CT molecular complexity index is 2480. The summed E-state index contributed by atoms with van der Waals surface area (Å²) in [6, 6.07) is 52.9. The number of fused-ring (bicyclic) bond motifs is 6. The molecule has 0 atom stereocenters. The molecule has 0 unspecified atom stereocenters. The predicted octanol–water partition coefficient (Wildman–Crippen LogP) is 11.0. The lowest BCUT2D eigenvalue weighted by atomic mass is 9.94. The molecular weight excluding hydrogens is 560 g/mol. The number of aliphatic imine (C=N–C) groups is 1. The third-order valence-corrected chi connectivity index (χ3v) is 9.28. The van der Waals surface area contributed by atoms with Crippen molar-refractivity contribution in [3.8, 4) is 27.9 Å². The van der Waals surface area contributed by atoms with Crippen LogP contribution in [0.25, 0.3) is 71.3 Å². The van der Waals surface area contributed by atoms with E-state index in [9.17, 15) is 0 Å². The van der Waals surface area contributed by atoms with Gasteiger partial charge in [-0.05, 0) is 100 Å². The van der Waals surface area contributed by atoms with Crippen LogP contribution in [0, 0.1) is 0 Å². The van der Waals surface area contributed by atoms with Gasteiger partial charge in [-0.15, -0.1) is 0 Å². The first-order valence-electron chi connectivity index (χ1n) is 15.9. The second kappa shape index (κ2) is 10.2. The molecule has 3 heteroatoms. The van der Waals surface area contributed by atoms with Crippen LogP contribution in [0.3, 0.4) is 0 Å². The summed E-state index contributed by atoms with van der Waals surface area (Å²) in [5, 5.41) is 7.52. The number of aromatic nitrogens is 1. The summed E-state index contributed by atoms with van der Waals surface area (Å²) >= 11 is 0. The summed E-state index contributed by atoms with van der Waals surface area (Å²) in [5.74, 6) is 0.725. The molecule has 0 fully saturated rings. The van der Waals surface area contributed by atoms with E-state index in [1.165, 1.54) is 65.6 Å². The third kappa shape index (κ3) is 4.31. The van der Waals surface area contributed by atoms with E-state index in [-0.39, 0.29) is 5.54 Å². The van der Waals surface area contributed by atoms with Gasteiger partial charge >= 0.3 is 0 Å². The number of hydrogen-bond donors (Lipinski definition) is 0. The molecule has 0 radical (unpaired) electrons. The lowest BCUT2D eigenvalue weighted by Crippen LogP contribution is -2.17. The van der Waals surface area contributed by atoms with Crippen LogP contribution in [0.1, 0.15) is 19.4 Å². The van der Waals surface area contributed by atoms with Gasteiger partial charge in [0.05, 0.1) is 16.6 Å². The quantitative estimate of drug-likeness (QED) is 0.200. The molecule has 0 amide bonds. The monoisotopic (exact) mass is 592 g/mol. The molecule has 0 saturated heterocycles. The van der Waals surface area contributed by atoms with E-state index in [0.29, 0.717) is 6.61 Å². The maximum absolute atomic E-state index is 5.94. The number of benzene rings is 7. The van der Waals surface area contributed by atoms with Gasteiger partial charge in [0.25, 0.3) is 0 Å². The zero-order valence-electron chi connectivity index (χ0n) is 25.9. The minimum Gasteiger partial charge on any atom is -0.475 e. The molecule has 0 N–H and O–H groups in total. The van der Waals surface area contributed by atoms with Gasteiger partial charge in [0.1, 0.15) is 6.61 Å². The number of ether oxygens (including phenoxy) is 1. The Kier molecular flexibility index (Phi) is 5.91. The minimum absolute atomic E-state index is 0.186. The standard InChI is InChI=1S/C43H32N2O/c1-43(2)27-46-42(44-43)30-19-17-29(18-20-30)38-26-40-41(36-15-9-8-14-35(36)38)37-23-22-33(25-39(37)45(40)34-12-4-3-5-13-34)32-21-16-28-10-6-7-11-31(28)24-32/h3-26H,27H2,1-2H3. The van der Waals surface area contributed by atoms with Crippen LogP contribution in [-0.4, -0.2) is 22.6 Å². The van der Waals surface area contributed by atoms with E-state index < -0.39 is 0 Å². The number of rotatable bonds is 4. The Morgan fingerprint density at radius 1 is 0.543 bits per heavy atom. The molecule has 2 heterocycles. The van der Waals surface area contributed by atoms with Gasteiger partial charge in [0.2, 0.25) is 5.90 Å². The molecular formula is C43H32N2O. The summed E-state index contributed by atoms with van der Waals surface area (Å²) in [4.78, 5) is 4.79. The third-order valence-electron chi connectivity index (χ3n) is 9.28. The molecule has 1 aliphatic heterocycles. The highest BCUT2D eigenvalue weighted by Crippen LogP contribution is 2.42. The Labute approximate surface area is 268 Å². The van der Waals surface area contributed by atoms with Crippen molar-refractivity contribution in [2.75, 3.05) is 6.61 Å². The SMILES string of the molecule is CC1(C)COC(c2ccc(-c3cc4c(c5ccccc35)c3ccc(-c5ccc6ccccc6c5)cc3n4-c3ccccc3)cc2)=N1. The summed E-state index contributed by atoms with van der Waals surface area (Å²) < 4.78 is 8.37. The molecule has 0 bridgehead atoms. The Morgan fingerprint density at radius 2 is 1.20 bits per heavy atom. The average molecular weight is 593 g/mol. The first-order valence-corrected chi connectivity index (χ1v) is 15.9. The first kappa shape index (κ1) is 26.7. The highest BCUT2D eigenvalue weighted by atomic mass is 16.5. The second-order valence-corrected chi connectivity index (χ2v) is 12.9. The molecule has 1 aromatic heterocycles. The number of hydrogen-bond acceptors (Lipinski definition) is 2. The normalized spacial score (nSPS) is 14.3. The molecule has 220 valence electrons. The smallest absolute Gasteiger partial charge is 0.216 e. The van der Waals surface area contributed by atoms with Gasteiger partial charge in [0, 0.05) is 22.0 Å². The topological polar surface area (TPSA) is 26.5 Å². The van der Waals surface area contributed by atoms with E-state index in [4.69, 9.17) is 9.73 Å². The van der Waals surface area contributed by atoms with Crippen LogP contribution >= 0.6 is 0 Å². The fraction of sp³-hybridized carbons (Fsp3) is 0.0930. The molecule has 9 rings (SSSR count). The van der Waals surface area contributed by atoms with Crippen LogP contribution in [-0.2, 0) is 4.74 Å². The summed E-state index contributed by atoms with van der Waals surface area (Å²) in [7, 11) is 0. The number of para-hydroxylation sites is 1. The van der Waals surface area contributed by atoms with Gasteiger partial charge in [-0.3, -0.25) is 0 Å². The molecule has 8 aromatic rings. The van der Waals surface area contributed by atoms with Crippen molar-refractivity contribution in [1.29, 1.82) is 0 Å². The summed E-state index contributed by atoms with van der Waals surface area (Å²) in [5.41, 5.74) is 9.17. The van der Waals surface area contributed by atoms with E-state index in [1.54, 1.807) is 0 Å². The number of nitrogens with zero attached hydrogens (tertiary/aromatic N) is 2. The van der Waals surface area contributed by atoms with Gasteiger partial charge in [-0.1, -0.05) is 103 Å². The summed E-state index contributed by atoms with van der Waals surface area (Å²) in [6.07, 6.45) is 0. The molecule has 0 aliphatic carbocycles. The molecule has 3 nitrogen and oxygen atoms in total. The molecule has 46 heavy (non-hydrogen) atoms. The Morgan fingerprint density at radius 3 is 1.98 bits per heavy atom. The minimum atomic E-state index is -0.186. The molecule has 0 spiro atoms. The maximum atomic E-state index is 5.94. The highest BCUT2D eigenvalue weighted by molar-refractivity contribution is 6.24. The van der Waals surface area contributed by atoms with Crippen LogP contribution in [0.2, 0.25) is 0 Å². The van der Waals surface area contributed by atoms with Crippen molar-refractivity contribution in [3.05, 3.63) is 151 Å². The van der Waals surface area contributed by atoms with Crippen molar-refractivity contribution in [1.82, 2.24) is 4.57 Å². The lowest BCUT2D eigenvalue weighted by molar-refractivity contribution is 0.279. The van der Waals surface area contributed by atoms with Crippen LogP contribution in [0.15, 0.2) is 151 Å². The zero-order chi connectivity index (χ0) is 30.8. The van der Waals surface area contributed by atoms with E-state index >= 15 is 0 Å². The molecule has 7 aromatic carbocycles. The fourth-order valence-corrected chi connectivity index (χ4v) is 7.05. The van der Waals surface area contributed by atoms with Gasteiger partial charge in [-0.25, -0.2) is 4.99 Å². The van der Waals surface area contributed by atoms with Gasteiger partial charge in [0.15, 0.2) is 0 Å². The Hall–Kier alpha value is -5.67. The second-order valence-electron chi connectivity index (χ2n) is 12.9. The van der Waals surface area contributed by atoms with Gasteiger partial charge in [-0.2, -0.15) is 0 Å². The van der Waals surface area contributed by atoms with Crippen molar-refractivity contribution in [2.24, 2.45) is 4.99 Å². The lowest BCUT2D eigenvalue weighted by Gasteiger charge is -2.13. The van der Waals surface area contributed by atoms with Crippen molar-refractivity contribution in [2.45, 2.75) is 19.4 Å². The van der Waals surface area contributed by atoms with Crippen LogP contribution < -0.4 is 0 Å². The van der Waals surface area contributed by atoms with Crippen LogP contribution in [0.5, 0.6) is 0 Å².